The number of aliphatic hydroxyl groups is 1. The molecule has 0 amide bonds. The molecule has 1 aliphatic rings. The molecular formula is C15H20N6O3S. The molecule has 134 valence electrons. The van der Waals surface area contributed by atoms with Gasteiger partial charge in [-0.2, -0.15) is 5.10 Å². The molecule has 0 bridgehead atoms. The molecule has 0 radical (unpaired) electrons. The van der Waals surface area contributed by atoms with Gasteiger partial charge in [0.25, 0.3) is 0 Å². The van der Waals surface area contributed by atoms with Gasteiger partial charge in [-0.15, -0.1) is 11.8 Å². The van der Waals surface area contributed by atoms with Gasteiger partial charge in [-0.3, -0.25) is 0 Å². The lowest BCUT2D eigenvalue weighted by atomic mass is 9.79. The minimum Gasteiger partial charge on any atom is -0.394 e. The number of fused-ring (bicyclic) bond motifs is 1. The summed E-state index contributed by atoms with van der Waals surface area (Å²) in [6.45, 7) is 3.43. The summed E-state index contributed by atoms with van der Waals surface area (Å²) in [5.41, 5.74) is 9.44. The highest BCUT2D eigenvalue weighted by Gasteiger charge is 2.64. The summed E-state index contributed by atoms with van der Waals surface area (Å²) in [7, 11) is 1.49. The summed E-state index contributed by atoms with van der Waals surface area (Å²) >= 11 is 1.50. The van der Waals surface area contributed by atoms with Gasteiger partial charge in [-0.25, -0.2) is 9.50 Å². The van der Waals surface area contributed by atoms with Crippen molar-refractivity contribution in [1.82, 2.24) is 14.6 Å². The third-order valence-corrected chi connectivity index (χ3v) is 5.80. The van der Waals surface area contributed by atoms with Crippen molar-refractivity contribution >= 4 is 17.3 Å². The number of nitrogens with zero attached hydrogens (tertiary/aromatic N) is 6. The van der Waals surface area contributed by atoms with E-state index in [1.807, 2.05) is 25.3 Å². The Hall–Kier alpha value is -1.84. The molecule has 3 heterocycles. The zero-order valence-corrected chi connectivity index (χ0v) is 15.3. The van der Waals surface area contributed by atoms with E-state index < -0.39 is 17.4 Å². The largest absolute Gasteiger partial charge is 0.394 e. The average Bonchev–Trinajstić information content (AvgIpc) is 3.15. The van der Waals surface area contributed by atoms with Gasteiger partial charge in [-0.1, -0.05) is 12.0 Å². The van der Waals surface area contributed by atoms with E-state index in [-0.39, 0.29) is 12.5 Å². The van der Waals surface area contributed by atoms with Crippen LogP contribution in [0.3, 0.4) is 0 Å². The number of azide groups is 1. The minimum atomic E-state index is -1.39. The van der Waals surface area contributed by atoms with Crippen LogP contribution < -0.4 is 0 Å². The van der Waals surface area contributed by atoms with Gasteiger partial charge in [-0.05, 0) is 30.8 Å². The molecular weight excluding hydrogens is 344 g/mol. The first-order valence-corrected chi connectivity index (χ1v) is 8.98. The summed E-state index contributed by atoms with van der Waals surface area (Å²) in [5.74, 6) is -1.66. The van der Waals surface area contributed by atoms with Crippen LogP contribution in [0.1, 0.15) is 19.5 Å². The van der Waals surface area contributed by atoms with Gasteiger partial charge in [0.1, 0.15) is 22.6 Å². The van der Waals surface area contributed by atoms with Crippen LogP contribution in [-0.2, 0) is 15.3 Å². The van der Waals surface area contributed by atoms with Crippen LogP contribution in [0.15, 0.2) is 28.6 Å². The van der Waals surface area contributed by atoms with E-state index in [0.29, 0.717) is 5.69 Å². The van der Waals surface area contributed by atoms with E-state index in [9.17, 15) is 5.11 Å². The average molecular weight is 364 g/mol. The second-order valence-corrected chi connectivity index (χ2v) is 6.87. The lowest BCUT2D eigenvalue weighted by Crippen LogP contribution is -2.49. The Morgan fingerprint density at radius 3 is 2.92 bits per heavy atom. The zero-order valence-electron chi connectivity index (χ0n) is 14.4. The zero-order chi connectivity index (χ0) is 18.2. The fourth-order valence-corrected chi connectivity index (χ4v) is 4.05. The molecule has 25 heavy (non-hydrogen) atoms. The van der Waals surface area contributed by atoms with E-state index in [0.717, 1.165) is 10.5 Å². The predicted octanol–water partition coefficient (Wildman–Crippen LogP) is 2.35. The number of hydrogen-bond donors (Lipinski definition) is 1. The molecule has 0 saturated carbocycles. The van der Waals surface area contributed by atoms with Crippen molar-refractivity contribution in [1.29, 1.82) is 0 Å². The molecule has 0 spiro atoms. The monoisotopic (exact) mass is 364 g/mol. The molecule has 10 heteroatoms. The first kappa shape index (κ1) is 18.0. The van der Waals surface area contributed by atoms with Gasteiger partial charge in [0, 0.05) is 17.9 Å². The second-order valence-electron chi connectivity index (χ2n) is 6.07. The van der Waals surface area contributed by atoms with Gasteiger partial charge in [0.15, 0.2) is 0 Å². The highest BCUT2D eigenvalue weighted by molar-refractivity contribution is 7.98. The summed E-state index contributed by atoms with van der Waals surface area (Å²) in [4.78, 5) is 7.27. The molecule has 1 fully saturated rings. The fraction of sp³-hybridized carbons (Fsp3) is 0.600. The van der Waals surface area contributed by atoms with Crippen LogP contribution in [0.5, 0.6) is 0 Å². The summed E-state index contributed by atoms with van der Waals surface area (Å²) in [5, 5.41) is 18.9. The number of aliphatic hydroxyl groups excluding tert-OH is 1. The van der Waals surface area contributed by atoms with Gasteiger partial charge in [0.05, 0.1) is 18.2 Å². The number of thioether (sulfide) groups is 1. The first-order chi connectivity index (χ1) is 12.0. The quantitative estimate of drug-likeness (QED) is 0.376. The smallest absolute Gasteiger partial charge is 0.224 e. The fourth-order valence-electron chi connectivity index (χ4n) is 3.54. The maximum atomic E-state index is 9.71. The molecule has 2 aromatic heterocycles. The lowest BCUT2D eigenvalue weighted by Gasteiger charge is -2.38. The van der Waals surface area contributed by atoms with Crippen LogP contribution in [0.4, 0.5) is 0 Å². The topological polar surface area (TPSA) is 118 Å². The Labute approximate surface area is 149 Å². The third-order valence-electron chi connectivity index (χ3n) is 5.10. The third kappa shape index (κ3) is 2.33. The highest BCUT2D eigenvalue weighted by atomic mass is 32.2. The molecule has 0 aliphatic carbocycles. The van der Waals surface area contributed by atoms with Crippen molar-refractivity contribution in [3.63, 3.8) is 0 Å². The lowest BCUT2D eigenvalue weighted by molar-refractivity contribution is -0.249. The molecule has 1 N–H and O–H groups in total. The van der Waals surface area contributed by atoms with Crippen molar-refractivity contribution in [2.45, 2.75) is 36.3 Å². The molecule has 1 unspecified atom stereocenters. The normalized spacial score (nSPS) is 32.0. The molecule has 9 nitrogen and oxygen atoms in total. The molecule has 4 atom stereocenters. The molecule has 2 aromatic rings. The Balaban J connectivity index is 2.29. The van der Waals surface area contributed by atoms with E-state index >= 15 is 0 Å². The Bertz CT molecular complexity index is 838. The van der Waals surface area contributed by atoms with Crippen LogP contribution in [0.25, 0.3) is 16.0 Å². The molecule has 3 rings (SSSR count). The number of hydrogen-bond acceptors (Lipinski definition) is 7. The van der Waals surface area contributed by atoms with Crippen molar-refractivity contribution in [3.8, 4) is 0 Å². The van der Waals surface area contributed by atoms with Crippen molar-refractivity contribution < 1.29 is 14.6 Å². The summed E-state index contributed by atoms with van der Waals surface area (Å²) in [6, 6.07) is 3.70. The standard InChI is InChI=1S/C15H20N6O3S/c1-9-11(7-22)24-15(23-3,14(9,2)19-20-16)12-6-5-10-13(25-4)17-8-18-21(10)12/h5-6,8-9,11,22H,7H2,1-4H3/t9-,11-,14-,15?/m1/s1. The van der Waals surface area contributed by atoms with Crippen molar-refractivity contribution in [2.75, 3.05) is 20.0 Å². The minimum absolute atomic E-state index is 0.211. The SMILES string of the molecule is COC1(c2ccc3c(SC)ncnn23)O[C@H](CO)[C@@H](C)[C@@]1(C)N=[N+]=[N-]. The van der Waals surface area contributed by atoms with Crippen LogP contribution in [-0.4, -0.2) is 51.3 Å². The van der Waals surface area contributed by atoms with E-state index in [1.54, 1.807) is 11.4 Å². The molecule has 1 saturated heterocycles. The summed E-state index contributed by atoms with van der Waals surface area (Å²) < 4.78 is 13.6. The number of ether oxygens (including phenoxy) is 2. The Morgan fingerprint density at radius 1 is 1.56 bits per heavy atom. The van der Waals surface area contributed by atoms with Crippen LogP contribution in [0.2, 0.25) is 0 Å². The van der Waals surface area contributed by atoms with E-state index in [4.69, 9.17) is 15.0 Å². The van der Waals surface area contributed by atoms with Crippen molar-refractivity contribution in [3.05, 3.63) is 34.6 Å². The van der Waals surface area contributed by atoms with Crippen molar-refractivity contribution in [2.24, 2.45) is 11.0 Å². The van der Waals surface area contributed by atoms with Gasteiger partial charge in [0.2, 0.25) is 5.79 Å². The maximum Gasteiger partial charge on any atom is 0.224 e. The maximum absolute atomic E-state index is 9.71. The van der Waals surface area contributed by atoms with Gasteiger partial charge < -0.3 is 14.6 Å². The molecule has 1 aliphatic heterocycles. The van der Waals surface area contributed by atoms with Crippen LogP contribution in [0, 0.1) is 5.92 Å². The van der Waals surface area contributed by atoms with E-state index in [2.05, 4.69) is 20.1 Å². The number of methoxy groups -OCH3 is 1. The predicted molar refractivity (Wildman–Crippen MR) is 92.1 cm³/mol. The second kappa shape index (κ2) is 6.47. The Morgan fingerprint density at radius 2 is 2.32 bits per heavy atom. The number of rotatable bonds is 5. The van der Waals surface area contributed by atoms with Crippen LogP contribution >= 0.6 is 11.8 Å². The first-order valence-electron chi connectivity index (χ1n) is 7.76. The highest BCUT2D eigenvalue weighted by Crippen LogP contribution is 2.53. The number of aromatic nitrogens is 3. The van der Waals surface area contributed by atoms with E-state index in [1.165, 1.54) is 25.2 Å². The van der Waals surface area contributed by atoms with Gasteiger partial charge >= 0.3 is 0 Å². The molecule has 0 aromatic carbocycles. The Kier molecular flexibility index (Phi) is 4.65. The summed E-state index contributed by atoms with van der Waals surface area (Å²) in [6.07, 6.45) is 2.85.